The van der Waals surface area contributed by atoms with E-state index in [1.54, 1.807) is 6.07 Å². The largest absolute Gasteiger partial charge is 0.357 e. The van der Waals surface area contributed by atoms with Crippen molar-refractivity contribution >= 4 is 34.7 Å². The number of halogens is 2. The Morgan fingerprint density at radius 1 is 1.17 bits per heavy atom. The molecular weight excluding hydrogens is 331 g/mol. The molecule has 1 saturated carbocycles. The maximum Gasteiger partial charge on any atom is 0.165 e. The standard InChI is InChI=1S/C17H16Cl2N4/c1-10-7-16(22(2)12-4-5-12)23-17(21-10)14(9-20-23)13-6-3-11(18)8-15(13)19/h3,6-9,12H,4-5H2,1-2H3. The highest BCUT2D eigenvalue weighted by atomic mass is 35.5. The number of fused-ring (bicyclic) bond motifs is 1. The summed E-state index contributed by atoms with van der Waals surface area (Å²) in [6.45, 7) is 2.00. The summed E-state index contributed by atoms with van der Waals surface area (Å²) in [6, 6.07) is 8.17. The third-order valence-electron chi connectivity index (χ3n) is 4.26. The summed E-state index contributed by atoms with van der Waals surface area (Å²) in [7, 11) is 2.11. The second-order valence-corrected chi connectivity index (χ2v) is 6.86. The van der Waals surface area contributed by atoms with E-state index in [1.807, 2.05) is 29.8 Å². The quantitative estimate of drug-likeness (QED) is 0.694. The summed E-state index contributed by atoms with van der Waals surface area (Å²) in [6.07, 6.45) is 4.29. The number of hydrogen-bond donors (Lipinski definition) is 0. The average molecular weight is 347 g/mol. The van der Waals surface area contributed by atoms with Gasteiger partial charge in [-0.15, -0.1) is 0 Å². The minimum atomic E-state index is 0.603. The van der Waals surface area contributed by atoms with Gasteiger partial charge >= 0.3 is 0 Å². The third-order valence-corrected chi connectivity index (χ3v) is 4.81. The van der Waals surface area contributed by atoms with E-state index < -0.39 is 0 Å². The first kappa shape index (κ1) is 14.8. The molecule has 2 heterocycles. The van der Waals surface area contributed by atoms with Crippen molar-refractivity contribution in [2.75, 3.05) is 11.9 Å². The second-order valence-electron chi connectivity index (χ2n) is 6.02. The smallest absolute Gasteiger partial charge is 0.165 e. The Labute approximate surface area is 144 Å². The van der Waals surface area contributed by atoms with Crippen LogP contribution in [0.3, 0.4) is 0 Å². The lowest BCUT2D eigenvalue weighted by Crippen LogP contribution is -2.22. The first-order valence-corrected chi connectivity index (χ1v) is 8.34. The van der Waals surface area contributed by atoms with E-state index in [2.05, 4.69) is 28.1 Å². The number of benzene rings is 1. The molecule has 1 aliphatic rings. The zero-order chi connectivity index (χ0) is 16.1. The van der Waals surface area contributed by atoms with Gasteiger partial charge in [0.2, 0.25) is 0 Å². The van der Waals surface area contributed by atoms with E-state index in [0.717, 1.165) is 28.3 Å². The summed E-state index contributed by atoms with van der Waals surface area (Å²) in [5.41, 5.74) is 3.59. The average Bonchev–Trinajstić information content (AvgIpc) is 3.27. The van der Waals surface area contributed by atoms with Gasteiger partial charge in [0.1, 0.15) is 5.82 Å². The summed E-state index contributed by atoms with van der Waals surface area (Å²) >= 11 is 12.4. The Hall–Kier alpha value is -1.78. The molecule has 6 heteroatoms. The van der Waals surface area contributed by atoms with Crippen molar-refractivity contribution < 1.29 is 0 Å². The fourth-order valence-electron chi connectivity index (χ4n) is 2.86. The number of hydrogen-bond acceptors (Lipinski definition) is 3. The Balaban J connectivity index is 1.92. The number of nitrogens with zero attached hydrogens (tertiary/aromatic N) is 4. The molecule has 3 aromatic rings. The van der Waals surface area contributed by atoms with E-state index in [4.69, 9.17) is 23.2 Å². The third kappa shape index (κ3) is 2.56. The summed E-state index contributed by atoms with van der Waals surface area (Å²) in [5.74, 6) is 1.06. The van der Waals surface area contributed by atoms with Gasteiger partial charge in [-0.3, -0.25) is 0 Å². The minimum Gasteiger partial charge on any atom is -0.357 e. The summed E-state index contributed by atoms with van der Waals surface area (Å²) in [4.78, 5) is 6.96. The summed E-state index contributed by atoms with van der Waals surface area (Å²) < 4.78 is 1.89. The lowest BCUT2D eigenvalue weighted by atomic mass is 10.1. The minimum absolute atomic E-state index is 0.603. The Morgan fingerprint density at radius 3 is 2.65 bits per heavy atom. The van der Waals surface area contributed by atoms with Crippen molar-refractivity contribution in [1.82, 2.24) is 14.6 Å². The van der Waals surface area contributed by atoms with E-state index in [9.17, 15) is 0 Å². The molecule has 0 radical (unpaired) electrons. The Morgan fingerprint density at radius 2 is 1.96 bits per heavy atom. The highest BCUT2D eigenvalue weighted by Gasteiger charge is 2.28. The van der Waals surface area contributed by atoms with Crippen molar-refractivity contribution in [2.45, 2.75) is 25.8 Å². The van der Waals surface area contributed by atoms with Gasteiger partial charge in [0.05, 0.1) is 11.2 Å². The molecule has 0 spiro atoms. The first-order valence-electron chi connectivity index (χ1n) is 7.58. The SMILES string of the molecule is Cc1cc(N(C)C2CC2)n2ncc(-c3ccc(Cl)cc3Cl)c2n1. The predicted molar refractivity (Wildman–Crippen MR) is 94.6 cm³/mol. The van der Waals surface area contributed by atoms with E-state index in [-0.39, 0.29) is 0 Å². The molecule has 1 aromatic carbocycles. The fraction of sp³-hybridized carbons (Fsp3) is 0.294. The highest BCUT2D eigenvalue weighted by molar-refractivity contribution is 6.36. The normalized spacial score (nSPS) is 14.4. The topological polar surface area (TPSA) is 33.4 Å². The van der Waals surface area contributed by atoms with E-state index in [0.29, 0.717) is 16.1 Å². The first-order chi connectivity index (χ1) is 11.0. The molecule has 0 atom stereocenters. The van der Waals surface area contributed by atoms with Gasteiger partial charge in [-0.05, 0) is 31.9 Å². The molecule has 0 amide bonds. The van der Waals surface area contributed by atoms with Gasteiger partial charge in [0, 0.05) is 41.0 Å². The monoisotopic (exact) mass is 346 g/mol. The van der Waals surface area contributed by atoms with Crippen LogP contribution in [0.5, 0.6) is 0 Å². The van der Waals surface area contributed by atoms with Crippen LogP contribution in [0.4, 0.5) is 5.82 Å². The zero-order valence-corrected chi connectivity index (χ0v) is 14.4. The molecule has 4 nitrogen and oxygen atoms in total. The van der Waals surface area contributed by atoms with Gasteiger partial charge in [-0.25, -0.2) is 4.98 Å². The van der Waals surface area contributed by atoms with E-state index >= 15 is 0 Å². The van der Waals surface area contributed by atoms with Crippen molar-refractivity contribution in [3.63, 3.8) is 0 Å². The van der Waals surface area contributed by atoms with Crippen LogP contribution in [-0.2, 0) is 0 Å². The van der Waals surface area contributed by atoms with Crippen LogP contribution in [0.15, 0.2) is 30.5 Å². The number of aromatic nitrogens is 3. The van der Waals surface area contributed by atoms with Crippen LogP contribution in [0.25, 0.3) is 16.8 Å². The Kier molecular flexibility index (Phi) is 3.47. The maximum atomic E-state index is 6.36. The molecule has 0 N–H and O–H groups in total. The molecule has 2 aromatic heterocycles. The molecule has 118 valence electrons. The van der Waals surface area contributed by atoms with Gasteiger partial charge in [-0.2, -0.15) is 9.61 Å². The number of rotatable bonds is 3. The van der Waals surface area contributed by atoms with Crippen molar-refractivity contribution in [2.24, 2.45) is 0 Å². The van der Waals surface area contributed by atoms with Crippen LogP contribution >= 0.6 is 23.2 Å². The van der Waals surface area contributed by atoms with Crippen LogP contribution in [0.1, 0.15) is 18.5 Å². The lowest BCUT2D eigenvalue weighted by molar-refractivity contribution is 0.824. The zero-order valence-electron chi connectivity index (χ0n) is 12.9. The lowest BCUT2D eigenvalue weighted by Gasteiger charge is -2.19. The van der Waals surface area contributed by atoms with Crippen molar-refractivity contribution in [1.29, 1.82) is 0 Å². The molecule has 0 aliphatic heterocycles. The van der Waals surface area contributed by atoms with Gasteiger partial charge in [0.15, 0.2) is 5.65 Å². The number of aryl methyl sites for hydroxylation is 1. The molecule has 0 unspecified atom stereocenters. The molecule has 1 aliphatic carbocycles. The van der Waals surface area contributed by atoms with Gasteiger partial charge in [0.25, 0.3) is 0 Å². The molecule has 1 fully saturated rings. The van der Waals surface area contributed by atoms with Crippen molar-refractivity contribution in [3.05, 3.63) is 46.2 Å². The maximum absolute atomic E-state index is 6.36. The van der Waals surface area contributed by atoms with Crippen LogP contribution in [0.2, 0.25) is 10.0 Å². The summed E-state index contributed by atoms with van der Waals surface area (Å²) in [5, 5.41) is 5.78. The van der Waals surface area contributed by atoms with E-state index in [1.165, 1.54) is 12.8 Å². The molecule has 4 rings (SSSR count). The second kappa shape index (κ2) is 5.39. The fourth-order valence-corrected chi connectivity index (χ4v) is 3.37. The van der Waals surface area contributed by atoms with Gasteiger partial charge < -0.3 is 4.90 Å². The Bertz CT molecular complexity index is 899. The molecule has 0 bridgehead atoms. The van der Waals surface area contributed by atoms with Crippen LogP contribution < -0.4 is 4.90 Å². The predicted octanol–water partition coefficient (Wildman–Crippen LogP) is 4.61. The molecular formula is C17H16Cl2N4. The van der Waals surface area contributed by atoms with Crippen molar-refractivity contribution in [3.8, 4) is 11.1 Å². The van der Waals surface area contributed by atoms with Gasteiger partial charge in [-0.1, -0.05) is 29.3 Å². The molecule has 0 saturated heterocycles. The van der Waals surface area contributed by atoms with Crippen LogP contribution in [0, 0.1) is 6.92 Å². The number of anilines is 1. The van der Waals surface area contributed by atoms with Crippen LogP contribution in [-0.4, -0.2) is 27.7 Å². The highest BCUT2D eigenvalue weighted by Crippen LogP contribution is 2.35. The molecule has 23 heavy (non-hydrogen) atoms.